The van der Waals surface area contributed by atoms with Crippen molar-refractivity contribution in [1.82, 2.24) is 10.2 Å². The molecule has 0 unspecified atom stereocenters. The zero-order valence-corrected chi connectivity index (χ0v) is 16.6. The molecule has 0 bridgehead atoms. The van der Waals surface area contributed by atoms with Crippen molar-refractivity contribution >= 4 is 17.5 Å². The van der Waals surface area contributed by atoms with Gasteiger partial charge in [-0.05, 0) is 35.8 Å². The van der Waals surface area contributed by atoms with Crippen LogP contribution in [0, 0.1) is 11.3 Å². The summed E-state index contributed by atoms with van der Waals surface area (Å²) in [6, 6.07) is 7.41. The first-order valence-corrected chi connectivity index (χ1v) is 9.87. The smallest absolute Gasteiger partial charge is 0.247 e. The molecule has 144 valence electrons. The third-order valence-corrected chi connectivity index (χ3v) is 7.04. The molecule has 2 N–H and O–H groups in total. The second kappa shape index (κ2) is 5.85. The number of para-hydroxylation sites is 1. The van der Waals surface area contributed by atoms with Crippen LogP contribution in [0.4, 0.5) is 5.69 Å². The lowest BCUT2D eigenvalue weighted by molar-refractivity contribution is -0.160. The quantitative estimate of drug-likeness (QED) is 0.808. The lowest BCUT2D eigenvalue weighted by Gasteiger charge is -2.57. The Balaban J connectivity index is 1.88. The normalized spacial score (nSPS) is 32.3. The van der Waals surface area contributed by atoms with Gasteiger partial charge in [0.25, 0.3) is 0 Å². The minimum Gasteiger partial charge on any atom is -0.364 e. The number of piperidine rings is 1. The third kappa shape index (κ3) is 2.23. The van der Waals surface area contributed by atoms with E-state index in [2.05, 4.69) is 49.3 Å². The van der Waals surface area contributed by atoms with Crippen LogP contribution in [0.5, 0.6) is 0 Å². The molecule has 2 fully saturated rings. The van der Waals surface area contributed by atoms with Gasteiger partial charge >= 0.3 is 0 Å². The van der Waals surface area contributed by atoms with Gasteiger partial charge in [0.1, 0.15) is 18.2 Å². The Labute approximate surface area is 161 Å². The molecule has 1 aromatic rings. The molecule has 2 saturated heterocycles. The van der Waals surface area contributed by atoms with Gasteiger partial charge in [0.05, 0.1) is 0 Å². The van der Waals surface area contributed by atoms with Gasteiger partial charge in [-0.3, -0.25) is 9.59 Å². The minimum atomic E-state index is -0.470. The van der Waals surface area contributed by atoms with E-state index in [0.29, 0.717) is 6.42 Å². The first kappa shape index (κ1) is 18.1. The monoisotopic (exact) mass is 367 g/mol. The van der Waals surface area contributed by atoms with Crippen LogP contribution in [-0.4, -0.2) is 35.0 Å². The Bertz CT molecular complexity index is 816. The maximum Gasteiger partial charge on any atom is 0.247 e. The first-order valence-electron chi connectivity index (χ1n) is 9.87. The highest BCUT2D eigenvalue weighted by Crippen LogP contribution is 2.58. The Morgan fingerprint density at radius 2 is 1.96 bits per heavy atom. The SMILES string of the molecule is C=CC(C)(C)[C@]12CC[C@H]3C(=O)N[C@H](C(C)C)C(=O)N3[C@H]1Nc1ccccc12. The lowest BCUT2D eigenvalue weighted by Crippen LogP contribution is -2.74. The molecule has 5 nitrogen and oxygen atoms in total. The van der Waals surface area contributed by atoms with Crippen molar-refractivity contribution in [1.29, 1.82) is 0 Å². The molecule has 3 aliphatic rings. The van der Waals surface area contributed by atoms with Gasteiger partial charge in [0.2, 0.25) is 11.8 Å². The van der Waals surface area contributed by atoms with E-state index in [1.54, 1.807) is 0 Å². The van der Waals surface area contributed by atoms with E-state index in [-0.39, 0.29) is 34.7 Å². The molecule has 0 spiro atoms. The zero-order valence-electron chi connectivity index (χ0n) is 16.6. The fourth-order valence-electron chi connectivity index (χ4n) is 5.34. The van der Waals surface area contributed by atoms with Crippen molar-refractivity contribution in [2.75, 3.05) is 5.32 Å². The van der Waals surface area contributed by atoms with Crippen LogP contribution < -0.4 is 10.6 Å². The summed E-state index contributed by atoms with van der Waals surface area (Å²) in [6.07, 6.45) is 3.24. The Morgan fingerprint density at radius 1 is 1.26 bits per heavy atom. The topological polar surface area (TPSA) is 61.4 Å². The number of amides is 2. The fraction of sp³-hybridized carbons (Fsp3) is 0.545. The van der Waals surface area contributed by atoms with E-state index >= 15 is 0 Å². The average Bonchev–Trinajstić information content (AvgIpc) is 3.00. The first-order chi connectivity index (χ1) is 12.7. The van der Waals surface area contributed by atoms with Crippen molar-refractivity contribution < 1.29 is 9.59 Å². The summed E-state index contributed by atoms with van der Waals surface area (Å²) in [5.74, 6) is 0.0369. The molecular formula is C22H29N3O2. The van der Waals surface area contributed by atoms with Gasteiger partial charge in [-0.15, -0.1) is 6.58 Å². The summed E-state index contributed by atoms with van der Waals surface area (Å²) < 4.78 is 0. The predicted molar refractivity (Wildman–Crippen MR) is 106 cm³/mol. The van der Waals surface area contributed by atoms with Gasteiger partial charge < -0.3 is 15.5 Å². The minimum absolute atomic E-state index is 0.0174. The van der Waals surface area contributed by atoms with E-state index < -0.39 is 12.1 Å². The number of benzene rings is 1. The van der Waals surface area contributed by atoms with Crippen LogP contribution >= 0.6 is 0 Å². The molecule has 27 heavy (non-hydrogen) atoms. The molecule has 5 heteroatoms. The molecule has 3 aliphatic heterocycles. The third-order valence-electron chi connectivity index (χ3n) is 7.04. The molecule has 0 aromatic heterocycles. The van der Waals surface area contributed by atoms with Gasteiger partial charge in [-0.25, -0.2) is 0 Å². The van der Waals surface area contributed by atoms with Crippen LogP contribution in [0.25, 0.3) is 0 Å². The number of hydrogen-bond donors (Lipinski definition) is 2. The predicted octanol–water partition coefficient (Wildman–Crippen LogP) is 3.03. The maximum atomic E-state index is 13.4. The highest BCUT2D eigenvalue weighted by molar-refractivity contribution is 5.98. The highest BCUT2D eigenvalue weighted by atomic mass is 16.2. The maximum absolute atomic E-state index is 13.4. The van der Waals surface area contributed by atoms with Crippen molar-refractivity contribution in [2.24, 2.45) is 11.3 Å². The van der Waals surface area contributed by atoms with Crippen LogP contribution in [0.1, 0.15) is 46.1 Å². The van der Waals surface area contributed by atoms with E-state index in [0.717, 1.165) is 12.1 Å². The van der Waals surface area contributed by atoms with Crippen molar-refractivity contribution in [3.05, 3.63) is 42.5 Å². The van der Waals surface area contributed by atoms with Crippen molar-refractivity contribution in [3.63, 3.8) is 0 Å². The molecule has 2 amide bonds. The van der Waals surface area contributed by atoms with Gasteiger partial charge in [0, 0.05) is 11.1 Å². The van der Waals surface area contributed by atoms with E-state index in [9.17, 15) is 9.59 Å². The van der Waals surface area contributed by atoms with Crippen LogP contribution in [0.15, 0.2) is 36.9 Å². The zero-order chi connectivity index (χ0) is 19.6. The summed E-state index contributed by atoms with van der Waals surface area (Å²) in [6.45, 7) is 12.4. The van der Waals surface area contributed by atoms with Crippen molar-refractivity contribution in [3.8, 4) is 0 Å². The Morgan fingerprint density at radius 3 is 2.63 bits per heavy atom. The molecular weight excluding hydrogens is 338 g/mol. The van der Waals surface area contributed by atoms with E-state index in [1.807, 2.05) is 30.9 Å². The van der Waals surface area contributed by atoms with Crippen LogP contribution in [0.3, 0.4) is 0 Å². The molecule has 4 rings (SSSR count). The number of piperazine rings is 1. The molecule has 0 aliphatic carbocycles. The number of carbonyl (C=O) groups excluding carboxylic acids is 2. The van der Waals surface area contributed by atoms with Gasteiger partial charge in [0.15, 0.2) is 0 Å². The summed E-state index contributed by atoms with van der Waals surface area (Å²) in [5.41, 5.74) is 1.72. The second-order valence-corrected chi connectivity index (χ2v) is 9.02. The summed E-state index contributed by atoms with van der Waals surface area (Å²) in [4.78, 5) is 28.1. The van der Waals surface area contributed by atoms with Gasteiger partial charge in [-0.1, -0.05) is 52.0 Å². The van der Waals surface area contributed by atoms with Crippen molar-refractivity contribution in [2.45, 2.75) is 64.2 Å². The lowest BCUT2D eigenvalue weighted by atomic mass is 9.56. The number of anilines is 1. The molecule has 0 radical (unpaired) electrons. The van der Waals surface area contributed by atoms with Crippen LogP contribution in [0.2, 0.25) is 0 Å². The van der Waals surface area contributed by atoms with Crippen LogP contribution in [-0.2, 0) is 15.0 Å². The Hall–Kier alpha value is -2.30. The number of fused-ring (bicyclic) bond motifs is 5. The summed E-state index contributed by atoms with van der Waals surface area (Å²) in [7, 11) is 0. The number of nitrogens with zero attached hydrogens (tertiary/aromatic N) is 1. The molecule has 4 atom stereocenters. The van der Waals surface area contributed by atoms with E-state index in [1.165, 1.54) is 5.56 Å². The number of nitrogens with one attached hydrogen (secondary N) is 2. The fourth-order valence-corrected chi connectivity index (χ4v) is 5.34. The number of carbonyl (C=O) groups is 2. The number of hydrogen-bond acceptors (Lipinski definition) is 3. The average molecular weight is 367 g/mol. The number of allylic oxidation sites excluding steroid dienone is 1. The molecule has 1 aromatic carbocycles. The molecule has 0 saturated carbocycles. The number of rotatable bonds is 3. The summed E-state index contributed by atoms with van der Waals surface area (Å²) in [5, 5.41) is 6.56. The van der Waals surface area contributed by atoms with E-state index in [4.69, 9.17) is 0 Å². The van der Waals surface area contributed by atoms with Gasteiger partial charge in [-0.2, -0.15) is 0 Å². The Kier molecular flexibility index (Phi) is 3.92. The molecule has 3 heterocycles. The largest absolute Gasteiger partial charge is 0.364 e. The summed E-state index contributed by atoms with van der Waals surface area (Å²) >= 11 is 0. The standard InChI is InChI=1S/C22H29N3O2/c1-6-21(4,5)22-12-11-16-18(26)24-17(13(2)3)19(27)25(16)20(22)23-15-10-8-7-9-14(15)22/h6-10,13,16-17,20,23H,1,11-12H2,2-5H3,(H,24,26)/t16-,17+,20+,22-/m0/s1. The second-order valence-electron chi connectivity index (χ2n) is 9.02. The highest BCUT2D eigenvalue weighted by Gasteiger charge is 2.63.